The van der Waals surface area contributed by atoms with Crippen LogP contribution in [0.15, 0.2) is 16.6 Å². The maximum absolute atomic E-state index is 12.6. The number of halogens is 1. The quantitative estimate of drug-likeness (QED) is 0.733. The van der Waals surface area contributed by atoms with Crippen molar-refractivity contribution in [3.05, 3.63) is 22.2 Å². The van der Waals surface area contributed by atoms with E-state index in [-0.39, 0.29) is 5.78 Å². The van der Waals surface area contributed by atoms with E-state index >= 15 is 0 Å². The molecule has 0 atom stereocenters. The summed E-state index contributed by atoms with van der Waals surface area (Å²) in [5.41, 5.74) is 0.638. The number of methoxy groups -OCH3 is 2. The second kappa shape index (κ2) is 7.11. The van der Waals surface area contributed by atoms with Gasteiger partial charge in [0, 0.05) is 17.0 Å². The molecule has 0 radical (unpaired) electrons. The van der Waals surface area contributed by atoms with Gasteiger partial charge in [-0.25, -0.2) is 0 Å². The van der Waals surface area contributed by atoms with Crippen molar-refractivity contribution in [2.24, 2.45) is 5.92 Å². The standard InChI is InChI=1S/C16H21BrO3/c1-19-12-9-13(17)16(15(10-12)20-2)14(18)8-11-6-4-3-5-7-11/h9-11H,3-8H2,1-2H3. The number of ketones is 1. The van der Waals surface area contributed by atoms with E-state index in [9.17, 15) is 4.79 Å². The van der Waals surface area contributed by atoms with Crippen LogP contribution in [0.5, 0.6) is 11.5 Å². The Bertz CT molecular complexity index is 479. The molecule has 0 aliphatic heterocycles. The van der Waals surface area contributed by atoms with Crippen molar-refractivity contribution < 1.29 is 14.3 Å². The van der Waals surface area contributed by atoms with Crippen LogP contribution in [0.1, 0.15) is 48.9 Å². The van der Waals surface area contributed by atoms with Crippen molar-refractivity contribution >= 4 is 21.7 Å². The first-order valence-corrected chi connectivity index (χ1v) is 7.89. The molecule has 0 saturated heterocycles. The van der Waals surface area contributed by atoms with Gasteiger partial charge in [0.1, 0.15) is 11.5 Å². The van der Waals surface area contributed by atoms with Crippen LogP contribution in [0.3, 0.4) is 0 Å². The van der Waals surface area contributed by atoms with Gasteiger partial charge in [-0.2, -0.15) is 0 Å². The van der Waals surface area contributed by atoms with Crippen molar-refractivity contribution in [3.8, 4) is 11.5 Å². The lowest BCUT2D eigenvalue weighted by Gasteiger charge is -2.21. The van der Waals surface area contributed by atoms with E-state index < -0.39 is 0 Å². The molecule has 1 aliphatic carbocycles. The molecule has 2 rings (SSSR count). The monoisotopic (exact) mass is 340 g/mol. The second-order valence-corrected chi connectivity index (χ2v) is 6.17. The van der Waals surface area contributed by atoms with Crippen molar-refractivity contribution in [1.29, 1.82) is 0 Å². The number of rotatable bonds is 5. The summed E-state index contributed by atoms with van der Waals surface area (Å²) in [6.45, 7) is 0. The lowest BCUT2D eigenvalue weighted by molar-refractivity contribution is 0.0946. The minimum Gasteiger partial charge on any atom is -0.497 e. The molecule has 110 valence electrons. The van der Waals surface area contributed by atoms with Crippen LogP contribution in [0.4, 0.5) is 0 Å². The zero-order valence-corrected chi connectivity index (χ0v) is 13.7. The molecule has 0 heterocycles. The molecule has 0 unspecified atom stereocenters. The molecule has 3 nitrogen and oxygen atoms in total. The highest BCUT2D eigenvalue weighted by Gasteiger charge is 2.22. The molecule has 1 aromatic rings. The maximum atomic E-state index is 12.6. The van der Waals surface area contributed by atoms with Crippen molar-refractivity contribution in [3.63, 3.8) is 0 Å². The molecule has 4 heteroatoms. The third-order valence-corrected chi connectivity index (χ3v) is 4.59. The van der Waals surface area contributed by atoms with Crippen LogP contribution in [0.25, 0.3) is 0 Å². The van der Waals surface area contributed by atoms with Gasteiger partial charge in [-0.05, 0) is 27.9 Å². The molecule has 0 spiro atoms. The van der Waals surface area contributed by atoms with Gasteiger partial charge in [-0.1, -0.05) is 32.1 Å². The Labute approximate surface area is 128 Å². The third kappa shape index (κ3) is 3.54. The summed E-state index contributed by atoms with van der Waals surface area (Å²) >= 11 is 3.46. The number of hydrogen-bond donors (Lipinski definition) is 0. The van der Waals surface area contributed by atoms with Crippen LogP contribution in [0, 0.1) is 5.92 Å². The van der Waals surface area contributed by atoms with Crippen LogP contribution in [-0.2, 0) is 0 Å². The van der Waals surface area contributed by atoms with Gasteiger partial charge in [-0.3, -0.25) is 4.79 Å². The Balaban J connectivity index is 2.19. The zero-order valence-electron chi connectivity index (χ0n) is 12.1. The summed E-state index contributed by atoms with van der Waals surface area (Å²) in [4.78, 5) is 12.6. The predicted octanol–water partition coefficient (Wildman–Crippen LogP) is 4.62. The molecular formula is C16H21BrO3. The van der Waals surface area contributed by atoms with E-state index in [1.165, 1.54) is 32.1 Å². The summed E-state index contributed by atoms with van der Waals surface area (Å²) in [6.07, 6.45) is 6.75. The number of ether oxygens (including phenoxy) is 2. The van der Waals surface area contributed by atoms with Gasteiger partial charge in [0.05, 0.1) is 19.8 Å². The smallest absolute Gasteiger partial charge is 0.168 e. The number of carbonyl (C=O) groups excluding carboxylic acids is 1. The zero-order chi connectivity index (χ0) is 14.5. The molecule has 1 aliphatic rings. The van der Waals surface area contributed by atoms with Crippen molar-refractivity contribution in [1.82, 2.24) is 0 Å². The Hall–Kier alpha value is -1.03. The lowest BCUT2D eigenvalue weighted by atomic mass is 9.84. The first-order chi connectivity index (χ1) is 9.65. The number of Topliss-reactive ketones (excluding diaryl/α,β-unsaturated/α-hetero) is 1. The Morgan fingerprint density at radius 3 is 2.50 bits per heavy atom. The summed E-state index contributed by atoms with van der Waals surface area (Å²) in [7, 11) is 3.18. The fourth-order valence-corrected chi connectivity index (χ4v) is 3.50. The summed E-state index contributed by atoms with van der Waals surface area (Å²) in [5, 5.41) is 0. The van der Waals surface area contributed by atoms with E-state index in [1.807, 2.05) is 6.07 Å². The first-order valence-electron chi connectivity index (χ1n) is 7.10. The van der Waals surface area contributed by atoms with Gasteiger partial charge >= 0.3 is 0 Å². The summed E-state index contributed by atoms with van der Waals surface area (Å²) in [5.74, 6) is 1.94. The number of carbonyl (C=O) groups is 1. The lowest BCUT2D eigenvalue weighted by Crippen LogP contribution is -2.13. The van der Waals surface area contributed by atoms with Crippen LogP contribution >= 0.6 is 15.9 Å². The van der Waals surface area contributed by atoms with E-state index in [0.717, 1.165) is 4.47 Å². The Kier molecular flexibility index (Phi) is 5.46. The minimum absolute atomic E-state index is 0.156. The Morgan fingerprint density at radius 1 is 1.20 bits per heavy atom. The molecule has 20 heavy (non-hydrogen) atoms. The average molecular weight is 341 g/mol. The topological polar surface area (TPSA) is 35.5 Å². The normalized spacial score (nSPS) is 15.9. The molecule has 1 saturated carbocycles. The van der Waals surface area contributed by atoms with E-state index in [2.05, 4.69) is 15.9 Å². The molecule has 0 aromatic heterocycles. The molecule has 1 aromatic carbocycles. The molecular weight excluding hydrogens is 320 g/mol. The third-order valence-electron chi connectivity index (χ3n) is 3.96. The van der Waals surface area contributed by atoms with Crippen LogP contribution in [-0.4, -0.2) is 20.0 Å². The Morgan fingerprint density at radius 2 is 1.90 bits per heavy atom. The first kappa shape index (κ1) is 15.4. The van der Waals surface area contributed by atoms with Crippen LogP contribution < -0.4 is 9.47 Å². The van der Waals surface area contributed by atoms with Gasteiger partial charge in [-0.15, -0.1) is 0 Å². The van der Waals surface area contributed by atoms with E-state index in [4.69, 9.17) is 9.47 Å². The predicted molar refractivity (Wildman–Crippen MR) is 82.8 cm³/mol. The van der Waals surface area contributed by atoms with E-state index in [0.29, 0.717) is 29.4 Å². The van der Waals surface area contributed by atoms with Gasteiger partial charge in [0.25, 0.3) is 0 Å². The van der Waals surface area contributed by atoms with Crippen molar-refractivity contribution in [2.75, 3.05) is 14.2 Å². The average Bonchev–Trinajstić information content (AvgIpc) is 2.47. The summed E-state index contributed by atoms with van der Waals surface area (Å²) < 4.78 is 11.3. The van der Waals surface area contributed by atoms with Crippen molar-refractivity contribution in [2.45, 2.75) is 38.5 Å². The van der Waals surface area contributed by atoms with Gasteiger partial charge < -0.3 is 9.47 Å². The number of hydrogen-bond acceptors (Lipinski definition) is 3. The fourth-order valence-electron chi connectivity index (χ4n) is 2.86. The second-order valence-electron chi connectivity index (χ2n) is 5.32. The van der Waals surface area contributed by atoms with Crippen LogP contribution in [0.2, 0.25) is 0 Å². The van der Waals surface area contributed by atoms with Gasteiger partial charge in [0.2, 0.25) is 0 Å². The highest BCUT2D eigenvalue weighted by atomic mass is 79.9. The molecule has 0 bridgehead atoms. The largest absolute Gasteiger partial charge is 0.497 e. The minimum atomic E-state index is 0.156. The SMILES string of the molecule is COc1cc(Br)c(C(=O)CC2CCCCC2)c(OC)c1. The highest BCUT2D eigenvalue weighted by Crippen LogP contribution is 2.35. The molecule has 0 amide bonds. The summed E-state index contributed by atoms with van der Waals surface area (Å²) in [6, 6.07) is 3.58. The number of benzene rings is 1. The maximum Gasteiger partial charge on any atom is 0.168 e. The molecule has 0 N–H and O–H groups in total. The van der Waals surface area contributed by atoms with E-state index in [1.54, 1.807) is 20.3 Å². The molecule has 1 fully saturated rings. The van der Waals surface area contributed by atoms with Gasteiger partial charge in [0.15, 0.2) is 5.78 Å². The fraction of sp³-hybridized carbons (Fsp3) is 0.562. The highest BCUT2D eigenvalue weighted by molar-refractivity contribution is 9.10.